The quantitative estimate of drug-likeness (QED) is 0.446. The number of halogens is 1. The highest BCUT2D eigenvalue weighted by Gasteiger charge is 2.15. The SMILES string of the molecule is CN(C)CCOc1ccc(CCl)cc1[N+](=O)[O-]. The van der Waals surface area contributed by atoms with Crippen LogP contribution in [0.15, 0.2) is 18.2 Å². The molecule has 1 aromatic rings. The van der Waals surface area contributed by atoms with Crippen LogP contribution in [0.3, 0.4) is 0 Å². The molecule has 0 aliphatic carbocycles. The maximum Gasteiger partial charge on any atom is 0.311 e. The van der Waals surface area contributed by atoms with Crippen molar-refractivity contribution in [1.29, 1.82) is 0 Å². The molecule has 0 aliphatic heterocycles. The lowest BCUT2D eigenvalue weighted by Gasteiger charge is -2.11. The summed E-state index contributed by atoms with van der Waals surface area (Å²) in [6.45, 7) is 1.11. The number of likely N-dealkylation sites (N-methyl/N-ethyl adjacent to an activating group) is 1. The summed E-state index contributed by atoms with van der Waals surface area (Å²) in [5, 5.41) is 10.9. The number of alkyl halides is 1. The Kier molecular flexibility index (Phi) is 5.18. The lowest BCUT2D eigenvalue weighted by Crippen LogP contribution is -2.19. The van der Waals surface area contributed by atoms with Crippen molar-refractivity contribution in [2.45, 2.75) is 5.88 Å². The largest absolute Gasteiger partial charge is 0.485 e. The highest BCUT2D eigenvalue weighted by Crippen LogP contribution is 2.28. The monoisotopic (exact) mass is 258 g/mol. The Morgan fingerprint density at radius 1 is 1.47 bits per heavy atom. The van der Waals surface area contributed by atoms with E-state index in [4.69, 9.17) is 16.3 Å². The maximum absolute atomic E-state index is 10.9. The molecule has 94 valence electrons. The Labute approximate surface area is 105 Å². The Balaban J connectivity index is 2.80. The smallest absolute Gasteiger partial charge is 0.311 e. The number of benzene rings is 1. The average molecular weight is 259 g/mol. The Morgan fingerprint density at radius 3 is 2.71 bits per heavy atom. The van der Waals surface area contributed by atoms with E-state index in [0.29, 0.717) is 18.7 Å². The van der Waals surface area contributed by atoms with Gasteiger partial charge in [-0.15, -0.1) is 11.6 Å². The third-order valence-corrected chi connectivity index (χ3v) is 2.48. The second kappa shape index (κ2) is 6.42. The molecule has 0 heterocycles. The van der Waals surface area contributed by atoms with Crippen LogP contribution in [-0.4, -0.2) is 37.1 Å². The average Bonchev–Trinajstić information content (AvgIpc) is 2.28. The molecule has 0 saturated heterocycles. The summed E-state index contributed by atoms with van der Waals surface area (Å²) in [6, 6.07) is 4.76. The van der Waals surface area contributed by atoms with Crippen molar-refractivity contribution in [3.8, 4) is 5.75 Å². The summed E-state index contributed by atoms with van der Waals surface area (Å²) < 4.78 is 5.38. The van der Waals surface area contributed by atoms with E-state index < -0.39 is 4.92 Å². The summed E-state index contributed by atoms with van der Waals surface area (Å²) in [7, 11) is 3.82. The van der Waals surface area contributed by atoms with Crippen molar-refractivity contribution < 1.29 is 9.66 Å². The number of nitro groups is 1. The Morgan fingerprint density at radius 2 is 2.18 bits per heavy atom. The summed E-state index contributed by atoms with van der Waals surface area (Å²) in [5.41, 5.74) is 0.667. The topological polar surface area (TPSA) is 55.6 Å². The standard InChI is InChI=1S/C11H15ClN2O3/c1-13(2)5-6-17-11-4-3-9(8-12)7-10(11)14(15)16/h3-4,7H,5-6,8H2,1-2H3. The van der Waals surface area contributed by atoms with Gasteiger partial charge in [0.2, 0.25) is 0 Å². The van der Waals surface area contributed by atoms with Gasteiger partial charge in [0.25, 0.3) is 0 Å². The molecule has 0 spiro atoms. The van der Waals surface area contributed by atoms with Crippen molar-refractivity contribution in [3.63, 3.8) is 0 Å². The first-order valence-corrected chi connectivity index (χ1v) is 5.69. The van der Waals surface area contributed by atoms with E-state index in [1.165, 1.54) is 6.07 Å². The minimum Gasteiger partial charge on any atom is -0.485 e. The second-order valence-corrected chi connectivity index (χ2v) is 4.11. The third-order valence-electron chi connectivity index (χ3n) is 2.17. The first-order valence-electron chi connectivity index (χ1n) is 5.15. The molecule has 0 N–H and O–H groups in total. The van der Waals surface area contributed by atoms with Crippen molar-refractivity contribution in [3.05, 3.63) is 33.9 Å². The molecule has 1 aromatic carbocycles. The molecule has 17 heavy (non-hydrogen) atoms. The van der Waals surface area contributed by atoms with Gasteiger partial charge < -0.3 is 9.64 Å². The minimum atomic E-state index is -0.457. The van der Waals surface area contributed by atoms with Crippen LogP contribution < -0.4 is 4.74 Å². The summed E-state index contributed by atoms with van der Waals surface area (Å²) >= 11 is 5.63. The molecular weight excluding hydrogens is 244 g/mol. The molecule has 6 heteroatoms. The second-order valence-electron chi connectivity index (χ2n) is 3.84. The summed E-state index contributed by atoms with van der Waals surface area (Å²) in [4.78, 5) is 12.3. The normalized spacial score (nSPS) is 10.6. The molecule has 0 fully saturated rings. The van der Waals surface area contributed by atoms with Crippen molar-refractivity contribution >= 4 is 17.3 Å². The maximum atomic E-state index is 10.9. The van der Waals surface area contributed by atoms with E-state index in [-0.39, 0.29) is 17.3 Å². The van der Waals surface area contributed by atoms with E-state index in [9.17, 15) is 10.1 Å². The van der Waals surface area contributed by atoms with Crippen LogP contribution in [0.2, 0.25) is 0 Å². The zero-order valence-electron chi connectivity index (χ0n) is 9.85. The molecular formula is C11H15ClN2O3. The zero-order valence-corrected chi connectivity index (χ0v) is 10.6. The third kappa shape index (κ3) is 4.20. The van der Waals surface area contributed by atoms with Gasteiger partial charge in [-0.2, -0.15) is 0 Å². The van der Waals surface area contributed by atoms with Crippen LogP contribution in [0.25, 0.3) is 0 Å². The molecule has 0 aromatic heterocycles. The molecule has 1 rings (SSSR count). The van der Waals surface area contributed by atoms with E-state index in [2.05, 4.69) is 0 Å². The molecule has 0 saturated carbocycles. The fourth-order valence-electron chi connectivity index (χ4n) is 1.25. The van der Waals surface area contributed by atoms with Crippen LogP contribution >= 0.6 is 11.6 Å². The van der Waals surface area contributed by atoms with Gasteiger partial charge in [0, 0.05) is 18.5 Å². The molecule has 0 bridgehead atoms. The van der Waals surface area contributed by atoms with Crippen LogP contribution in [0.5, 0.6) is 5.75 Å². The van der Waals surface area contributed by atoms with Gasteiger partial charge in [-0.25, -0.2) is 0 Å². The van der Waals surface area contributed by atoms with Gasteiger partial charge in [-0.1, -0.05) is 6.07 Å². The summed E-state index contributed by atoms with van der Waals surface area (Å²) in [5.74, 6) is 0.532. The molecule has 0 radical (unpaired) electrons. The first kappa shape index (κ1) is 13.7. The van der Waals surface area contributed by atoms with Gasteiger partial charge in [-0.3, -0.25) is 10.1 Å². The number of nitro benzene ring substituents is 1. The lowest BCUT2D eigenvalue weighted by atomic mass is 10.2. The van der Waals surface area contributed by atoms with Crippen LogP contribution in [-0.2, 0) is 5.88 Å². The number of nitrogens with zero attached hydrogens (tertiary/aromatic N) is 2. The lowest BCUT2D eigenvalue weighted by molar-refractivity contribution is -0.385. The van der Waals surface area contributed by atoms with Crippen molar-refractivity contribution in [2.24, 2.45) is 0 Å². The number of rotatable bonds is 6. The predicted molar refractivity (Wildman–Crippen MR) is 66.7 cm³/mol. The molecule has 0 aliphatic rings. The van der Waals surface area contributed by atoms with E-state index in [1.54, 1.807) is 12.1 Å². The van der Waals surface area contributed by atoms with E-state index in [1.807, 2.05) is 19.0 Å². The molecule has 0 amide bonds. The minimum absolute atomic E-state index is 0.0399. The summed E-state index contributed by atoms with van der Waals surface area (Å²) in [6.07, 6.45) is 0. The Hall–Kier alpha value is -1.33. The van der Waals surface area contributed by atoms with Crippen molar-refractivity contribution in [1.82, 2.24) is 4.90 Å². The van der Waals surface area contributed by atoms with Crippen LogP contribution in [0.4, 0.5) is 5.69 Å². The number of hydrogen-bond donors (Lipinski definition) is 0. The van der Waals surface area contributed by atoms with E-state index >= 15 is 0 Å². The number of ether oxygens (including phenoxy) is 1. The fraction of sp³-hybridized carbons (Fsp3) is 0.455. The molecule has 0 unspecified atom stereocenters. The van der Waals surface area contributed by atoms with Gasteiger partial charge in [0.15, 0.2) is 5.75 Å². The van der Waals surface area contributed by atoms with Gasteiger partial charge >= 0.3 is 5.69 Å². The van der Waals surface area contributed by atoms with Gasteiger partial charge in [0.1, 0.15) is 6.61 Å². The highest BCUT2D eigenvalue weighted by atomic mass is 35.5. The zero-order chi connectivity index (χ0) is 12.8. The molecule has 5 nitrogen and oxygen atoms in total. The van der Waals surface area contributed by atoms with Gasteiger partial charge in [0.05, 0.1) is 4.92 Å². The first-order chi connectivity index (χ1) is 8.04. The van der Waals surface area contributed by atoms with Crippen LogP contribution in [0, 0.1) is 10.1 Å². The van der Waals surface area contributed by atoms with Gasteiger partial charge in [-0.05, 0) is 25.7 Å². The van der Waals surface area contributed by atoms with Crippen LogP contribution in [0.1, 0.15) is 5.56 Å². The Bertz CT molecular complexity index is 396. The number of hydrogen-bond acceptors (Lipinski definition) is 4. The predicted octanol–water partition coefficient (Wildman–Crippen LogP) is 2.27. The van der Waals surface area contributed by atoms with E-state index in [0.717, 1.165) is 0 Å². The fourth-order valence-corrected chi connectivity index (χ4v) is 1.42. The molecule has 0 atom stereocenters. The van der Waals surface area contributed by atoms with Crippen molar-refractivity contribution in [2.75, 3.05) is 27.2 Å². The highest BCUT2D eigenvalue weighted by molar-refractivity contribution is 6.17.